The highest BCUT2D eigenvalue weighted by molar-refractivity contribution is 5.37. The molecule has 108 valence electrons. The normalized spacial score (nSPS) is 23.2. The van der Waals surface area contributed by atoms with Gasteiger partial charge in [0, 0.05) is 17.8 Å². The lowest BCUT2D eigenvalue weighted by Crippen LogP contribution is -2.33. The summed E-state index contributed by atoms with van der Waals surface area (Å²) in [5, 5.41) is 10.4. The first-order chi connectivity index (χ1) is 8.94. The summed E-state index contributed by atoms with van der Waals surface area (Å²) in [5.41, 5.74) is 0.978. The molecule has 0 bridgehead atoms. The Morgan fingerprint density at radius 3 is 2.63 bits per heavy atom. The maximum absolute atomic E-state index is 9.60. The molecule has 2 N–H and O–H groups in total. The molecule has 0 amide bonds. The van der Waals surface area contributed by atoms with Crippen molar-refractivity contribution in [3.63, 3.8) is 0 Å². The van der Waals surface area contributed by atoms with Gasteiger partial charge in [-0.1, -0.05) is 6.92 Å². The first kappa shape index (κ1) is 15.7. The van der Waals surface area contributed by atoms with Gasteiger partial charge in [-0.2, -0.15) is 5.10 Å². The topological polar surface area (TPSA) is 67.0 Å². The third-order valence-corrected chi connectivity index (χ3v) is 3.11. The first-order valence-corrected chi connectivity index (χ1v) is 6.75. The maximum Gasteiger partial charge on any atom is 0.293 e. The second kappa shape index (κ2) is 7.28. The lowest BCUT2D eigenvalue weighted by atomic mass is 9.85. The van der Waals surface area contributed by atoms with E-state index in [1.54, 1.807) is 0 Å². The number of hydrogen-bond acceptors (Lipinski definition) is 4. The molecule has 5 nitrogen and oxygen atoms in total. The second-order valence-electron chi connectivity index (χ2n) is 5.92. The van der Waals surface area contributed by atoms with E-state index in [0.29, 0.717) is 12.4 Å². The molecule has 2 unspecified atom stereocenters. The number of ether oxygens (including phenoxy) is 1. The maximum atomic E-state index is 9.60. The Morgan fingerprint density at radius 2 is 2.21 bits per heavy atom. The van der Waals surface area contributed by atoms with Gasteiger partial charge in [-0.15, -0.1) is 0 Å². The van der Waals surface area contributed by atoms with Gasteiger partial charge >= 0.3 is 0 Å². The molecule has 2 heterocycles. The van der Waals surface area contributed by atoms with Crippen LogP contribution in [0.3, 0.4) is 0 Å². The third kappa shape index (κ3) is 5.87. The van der Waals surface area contributed by atoms with E-state index in [2.05, 4.69) is 33.2 Å². The molecule has 0 spiro atoms. The molecule has 1 aliphatic heterocycles. The number of H-pyrrole nitrogens is 1. The Kier molecular flexibility index (Phi) is 6.02. The Labute approximate surface area is 115 Å². The lowest BCUT2D eigenvalue weighted by Gasteiger charge is -2.28. The number of rotatable bonds is 2. The second-order valence-corrected chi connectivity index (χ2v) is 5.92. The summed E-state index contributed by atoms with van der Waals surface area (Å²) in [4.78, 5) is 9.60. The fourth-order valence-electron chi connectivity index (χ4n) is 2.09. The molecule has 0 aromatic carbocycles. The number of aromatic nitrogens is 2. The van der Waals surface area contributed by atoms with E-state index in [4.69, 9.17) is 0 Å². The van der Waals surface area contributed by atoms with Crippen LogP contribution in [0, 0.1) is 5.92 Å². The van der Waals surface area contributed by atoms with E-state index in [0.717, 1.165) is 19.0 Å². The molecule has 19 heavy (non-hydrogen) atoms. The minimum Gasteiger partial charge on any atom is -0.462 e. The highest BCUT2D eigenvalue weighted by Gasteiger charge is 2.23. The Balaban J connectivity index is 0.000000224. The molecule has 1 aromatic heterocycles. The largest absolute Gasteiger partial charge is 0.462 e. The fourth-order valence-corrected chi connectivity index (χ4v) is 2.09. The molecule has 1 aromatic rings. The summed E-state index contributed by atoms with van der Waals surface area (Å²) >= 11 is 0. The zero-order valence-corrected chi connectivity index (χ0v) is 12.3. The highest BCUT2D eigenvalue weighted by atomic mass is 16.5. The monoisotopic (exact) mass is 267 g/mol. The van der Waals surface area contributed by atoms with Crippen molar-refractivity contribution in [2.75, 3.05) is 13.1 Å². The van der Waals surface area contributed by atoms with Gasteiger partial charge < -0.3 is 10.1 Å². The fraction of sp³-hybridized carbons (Fsp3) is 0.714. The molecular weight excluding hydrogens is 242 g/mol. The smallest absolute Gasteiger partial charge is 0.293 e. The number of nitrogens with zero attached hydrogens (tertiary/aromatic N) is 1. The van der Waals surface area contributed by atoms with Gasteiger partial charge in [-0.3, -0.25) is 9.89 Å². The number of nitrogens with one attached hydrogen (secondary N) is 2. The molecular formula is C14H25N3O2. The summed E-state index contributed by atoms with van der Waals surface area (Å²) in [6.45, 7) is 10.5. The molecule has 0 aliphatic carbocycles. The van der Waals surface area contributed by atoms with Crippen molar-refractivity contribution in [1.82, 2.24) is 15.5 Å². The first-order valence-electron chi connectivity index (χ1n) is 6.75. The van der Waals surface area contributed by atoms with E-state index in [1.807, 2.05) is 27.0 Å². The average molecular weight is 267 g/mol. The SMILES string of the molecule is CC(C)(C)OC=O.CC1CNCCC1c1ccn[nH]1. The van der Waals surface area contributed by atoms with Crippen LogP contribution in [0.1, 0.15) is 45.7 Å². The molecule has 5 heteroatoms. The van der Waals surface area contributed by atoms with Crippen molar-refractivity contribution in [2.24, 2.45) is 5.92 Å². The summed E-state index contributed by atoms with van der Waals surface area (Å²) in [7, 11) is 0. The number of carbonyl (C=O) groups excluding carboxylic acids is 1. The van der Waals surface area contributed by atoms with E-state index >= 15 is 0 Å². The molecule has 0 saturated carbocycles. The minimum atomic E-state index is -0.318. The van der Waals surface area contributed by atoms with Crippen LogP contribution in [0.25, 0.3) is 0 Å². The van der Waals surface area contributed by atoms with Crippen molar-refractivity contribution in [3.8, 4) is 0 Å². The van der Waals surface area contributed by atoms with Gasteiger partial charge in [-0.05, 0) is 52.3 Å². The predicted octanol–water partition coefficient (Wildman–Crippen LogP) is 2.08. The summed E-state index contributed by atoms with van der Waals surface area (Å²) in [5.74, 6) is 1.40. The number of carbonyl (C=O) groups is 1. The third-order valence-electron chi connectivity index (χ3n) is 3.11. The molecule has 1 saturated heterocycles. The zero-order valence-electron chi connectivity index (χ0n) is 12.3. The average Bonchev–Trinajstić information content (AvgIpc) is 2.82. The van der Waals surface area contributed by atoms with Crippen molar-refractivity contribution in [2.45, 2.75) is 45.6 Å². The van der Waals surface area contributed by atoms with Gasteiger partial charge in [0.25, 0.3) is 6.47 Å². The quantitative estimate of drug-likeness (QED) is 0.805. The standard InChI is InChI=1S/C9H15N3.C5H10O2/c1-7-6-10-4-2-8(7)9-3-5-11-12-9;1-5(2,3)7-4-6/h3,5,7-8,10H,2,4,6H2,1H3,(H,11,12);4H,1-3H3. The van der Waals surface area contributed by atoms with Crippen LogP contribution in [0.15, 0.2) is 12.3 Å². The summed E-state index contributed by atoms with van der Waals surface area (Å²) < 4.78 is 4.55. The number of piperidine rings is 1. The van der Waals surface area contributed by atoms with Gasteiger partial charge in [0.15, 0.2) is 0 Å². The van der Waals surface area contributed by atoms with Crippen LogP contribution >= 0.6 is 0 Å². The summed E-state index contributed by atoms with van der Waals surface area (Å²) in [6, 6.07) is 2.09. The predicted molar refractivity (Wildman–Crippen MR) is 74.9 cm³/mol. The van der Waals surface area contributed by atoms with Crippen LogP contribution in [0.2, 0.25) is 0 Å². The van der Waals surface area contributed by atoms with Gasteiger partial charge in [-0.25, -0.2) is 0 Å². The van der Waals surface area contributed by atoms with Crippen molar-refractivity contribution < 1.29 is 9.53 Å². The van der Waals surface area contributed by atoms with Crippen LogP contribution in [-0.2, 0) is 9.53 Å². The molecule has 2 atom stereocenters. The van der Waals surface area contributed by atoms with Gasteiger partial charge in [0.05, 0.1) is 0 Å². The van der Waals surface area contributed by atoms with Gasteiger partial charge in [0.2, 0.25) is 0 Å². The molecule has 1 aliphatic rings. The van der Waals surface area contributed by atoms with Crippen LogP contribution in [0.5, 0.6) is 0 Å². The van der Waals surface area contributed by atoms with Crippen LogP contribution in [0.4, 0.5) is 0 Å². The number of hydrogen-bond donors (Lipinski definition) is 2. The molecule has 1 fully saturated rings. The Hall–Kier alpha value is -1.36. The van der Waals surface area contributed by atoms with E-state index in [9.17, 15) is 4.79 Å². The minimum absolute atomic E-state index is 0.318. The summed E-state index contributed by atoms with van der Waals surface area (Å²) in [6.07, 6.45) is 3.06. The van der Waals surface area contributed by atoms with E-state index < -0.39 is 0 Å². The highest BCUT2D eigenvalue weighted by Crippen LogP contribution is 2.27. The van der Waals surface area contributed by atoms with Crippen LogP contribution in [-0.4, -0.2) is 35.4 Å². The van der Waals surface area contributed by atoms with Gasteiger partial charge in [0.1, 0.15) is 5.60 Å². The van der Waals surface area contributed by atoms with Crippen molar-refractivity contribution in [3.05, 3.63) is 18.0 Å². The molecule has 2 rings (SSSR count). The number of aromatic amines is 1. The molecule has 0 radical (unpaired) electrons. The van der Waals surface area contributed by atoms with Crippen molar-refractivity contribution in [1.29, 1.82) is 0 Å². The van der Waals surface area contributed by atoms with E-state index in [-0.39, 0.29) is 5.60 Å². The van der Waals surface area contributed by atoms with Crippen molar-refractivity contribution >= 4 is 6.47 Å². The zero-order chi connectivity index (χ0) is 14.3. The van der Waals surface area contributed by atoms with E-state index in [1.165, 1.54) is 12.1 Å². The lowest BCUT2D eigenvalue weighted by molar-refractivity contribution is -0.138. The Morgan fingerprint density at radius 1 is 1.47 bits per heavy atom. The van der Waals surface area contributed by atoms with Crippen LogP contribution < -0.4 is 5.32 Å². The Bertz CT molecular complexity index is 357.